The normalized spacial score (nSPS) is 10.1. The van der Waals surface area contributed by atoms with E-state index in [4.69, 9.17) is 5.26 Å². The molecule has 2 aromatic carbocycles. The van der Waals surface area contributed by atoms with Gasteiger partial charge in [0.25, 0.3) is 0 Å². The molecular formula is C13H6F3NS. The van der Waals surface area contributed by atoms with Crippen molar-refractivity contribution in [3.05, 3.63) is 59.4 Å². The van der Waals surface area contributed by atoms with Crippen LogP contribution in [0.1, 0.15) is 5.56 Å². The lowest BCUT2D eigenvalue weighted by atomic mass is 10.2. The zero-order valence-electron chi connectivity index (χ0n) is 8.95. The Morgan fingerprint density at radius 3 is 2.44 bits per heavy atom. The molecule has 0 bridgehead atoms. The molecule has 0 aliphatic heterocycles. The van der Waals surface area contributed by atoms with E-state index in [9.17, 15) is 13.2 Å². The summed E-state index contributed by atoms with van der Waals surface area (Å²) in [6, 6.07) is 8.74. The van der Waals surface area contributed by atoms with Gasteiger partial charge in [0.2, 0.25) is 0 Å². The van der Waals surface area contributed by atoms with Crippen LogP contribution < -0.4 is 0 Å². The summed E-state index contributed by atoms with van der Waals surface area (Å²) in [7, 11) is 0. The first-order valence-electron chi connectivity index (χ1n) is 4.93. The first kappa shape index (κ1) is 12.5. The molecular weight excluding hydrogens is 259 g/mol. The molecule has 0 aromatic heterocycles. The van der Waals surface area contributed by atoms with Gasteiger partial charge in [0.15, 0.2) is 0 Å². The second kappa shape index (κ2) is 5.15. The average molecular weight is 265 g/mol. The lowest BCUT2D eigenvalue weighted by Crippen LogP contribution is -1.89. The third-order valence-corrected chi connectivity index (χ3v) is 3.29. The van der Waals surface area contributed by atoms with Gasteiger partial charge in [-0.3, -0.25) is 0 Å². The van der Waals surface area contributed by atoms with Crippen molar-refractivity contribution >= 4 is 11.8 Å². The van der Waals surface area contributed by atoms with E-state index >= 15 is 0 Å². The minimum atomic E-state index is -0.681. The fourth-order valence-electron chi connectivity index (χ4n) is 1.37. The molecule has 1 nitrogen and oxygen atoms in total. The van der Waals surface area contributed by atoms with E-state index in [1.807, 2.05) is 0 Å². The quantitative estimate of drug-likeness (QED) is 0.815. The Labute approximate surface area is 106 Å². The van der Waals surface area contributed by atoms with Crippen LogP contribution in [0.2, 0.25) is 0 Å². The zero-order chi connectivity index (χ0) is 13.1. The van der Waals surface area contributed by atoms with E-state index in [1.54, 1.807) is 6.07 Å². The Morgan fingerprint density at radius 2 is 1.72 bits per heavy atom. The summed E-state index contributed by atoms with van der Waals surface area (Å²) in [4.78, 5) is 0.263. The van der Waals surface area contributed by atoms with E-state index in [0.29, 0.717) is 0 Å². The number of rotatable bonds is 2. The molecule has 0 saturated heterocycles. The molecule has 0 heterocycles. The molecule has 2 rings (SSSR count). The topological polar surface area (TPSA) is 23.8 Å². The summed E-state index contributed by atoms with van der Waals surface area (Å²) in [5.74, 6) is -1.89. The molecule has 90 valence electrons. The minimum absolute atomic E-state index is 0.0112. The van der Waals surface area contributed by atoms with Crippen LogP contribution in [0.5, 0.6) is 0 Å². The Bertz CT molecular complexity index is 635. The molecule has 0 aliphatic carbocycles. The van der Waals surface area contributed by atoms with Gasteiger partial charge in [-0.25, -0.2) is 13.2 Å². The highest BCUT2D eigenvalue weighted by molar-refractivity contribution is 7.99. The highest BCUT2D eigenvalue weighted by Crippen LogP contribution is 2.33. The maximum Gasteiger partial charge on any atom is 0.142 e. The number of nitriles is 1. The minimum Gasteiger partial charge on any atom is -0.207 e. The van der Waals surface area contributed by atoms with Crippen LogP contribution in [-0.4, -0.2) is 0 Å². The first-order valence-corrected chi connectivity index (χ1v) is 5.75. The molecule has 0 unspecified atom stereocenters. The first-order chi connectivity index (χ1) is 8.61. The van der Waals surface area contributed by atoms with Crippen molar-refractivity contribution in [2.24, 2.45) is 0 Å². The van der Waals surface area contributed by atoms with Crippen LogP contribution >= 0.6 is 11.8 Å². The third kappa shape index (κ3) is 2.49. The number of hydrogen-bond donors (Lipinski definition) is 0. The van der Waals surface area contributed by atoms with E-state index in [2.05, 4.69) is 0 Å². The SMILES string of the molecule is N#Cc1c(F)cccc1Sc1cc(F)ccc1F. The molecule has 2 aromatic rings. The van der Waals surface area contributed by atoms with E-state index in [1.165, 1.54) is 12.1 Å². The van der Waals surface area contributed by atoms with Crippen LogP contribution in [0.3, 0.4) is 0 Å². The van der Waals surface area contributed by atoms with Crippen molar-refractivity contribution in [2.75, 3.05) is 0 Å². The zero-order valence-corrected chi connectivity index (χ0v) is 9.77. The monoisotopic (exact) mass is 265 g/mol. The summed E-state index contributed by atoms with van der Waals surface area (Å²) in [5, 5.41) is 8.83. The number of benzene rings is 2. The Morgan fingerprint density at radius 1 is 0.944 bits per heavy atom. The van der Waals surface area contributed by atoms with Crippen LogP contribution in [-0.2, 0) is 0 Å². The molecule has 0 saturated carbocycles. The number of halogens is 3. The van der Waals surface area contributed by atoms with E-state index < -0.39 is 17.5 Å². The summed E-state index contributed by atoms with van der Waals surface area (Å²) in [5.41, 5.74) is -0.175. The predicted molar refractivity (Wildman–Crippen MR) is 61.6 cm³/mol. The van der Waals surface area contributed by atoms with Gasteiger partial charge in [-0.15, -0.1) is 0 Å². The van der Waals surface area contributed by atoms with Crippen LogP contribution in [0.25, 0.3) is 0 Å². The largest absolute Gasteiger partial charge is 0.207 e. The standard InChI is InChI=1S/C13H6F3NS/c14-8-4-5-11(16)13(6-8)18-12-3-1-2-10(15)9(12)7-17/h1-6H. The van der Waals surface area contributed by atoms with E-state index in [-0.39, 0.29) is 15.4 Å². The second-order valence-electron chi connectivity index (χ2n) is 3.40. The molecule has 0 amide bonds. The molecule has 0 atom stereocenters. The van der Waals surface area contributed by atoms with Crippen molar-refractivity contribution in [1.82, 2.24) is 0 Å². The molecule has 0 N–H and O–H groups in total. The maximum absolute atomic E-state index is 13.4. The van der Waals surface area contributed by atoms with Gasteiger partial charge in [-0.1, -0.05) is 17.8 Å². The lowest BCUT2D eigenvalue weighted by molar-refractivity contribution is 0.577. The van der Waals surface area contributed by atoms with Crippen molar-refractivity contribution in [3.8, 4) is 6.07 Å². The van der Waals surface area contributed by atoms with Crippen molar-refractivity contribution in [2.45, 2.75) is 9.79 Å². The lowest BCUT2D eigenvalue weighted by Gasteiger charge is -2.05. The Kier molecular flexibility index (Phi) is 3.58. The smallest absolute Gasteiger partial charge is 0.142 e. The highest BCUT2D eigenvalue weighted by Gasteiger charge is 2.12. The van der Waals surface area contributed by atoms with Gasteiger partial charge in [0, 0.05) is 4.90 Å². The second-order valence-corrected chi connectivity index (χ2v) is 4.49. The van der Waals surface area contributed by atoms with Gasteiger partial charge in [0.1, 0.15) is 29.1 Å². The van der Waals surface area contributed by atoms with Crippen LogP contribution in [0, 0.1) is 28.8 Å². The fraction of sp³-hybridized carbons (Fsp3) is 0. The summed E-state index contributed by atoms with van der Waals surface area (Å²) >= 11 is 0.816. The van der Waals surface area contributed by atoms with Gasteiger partial charge in [0.05, 0.1) is 4.90 Å². The van der Waals surface area contributed by atoms with Gasteiger partial charge in [-0.2, -0.15) is 5.26 Å². The Balaban J connectivity index is 2.44. The van der Waals surface area contributed by atoms with E-state index in [0.717, 1.165) is 36.0 Å². The number of hydrogen-bond acceptors (Lipinski definition) is 2. The van der Waals surface area contributed by atoms with Gasteiger partial charge >= 0.3 is 0 Å². The fourth-order valence-corrected chi connectivity index (χ4v) is 2.34. The summed E-state index contributed by atoms with van der Waals surface area (Å²) in [6.45, 7) is 0. The maximum atomic E-state index is 13.4. The number of nitrogens with zero attached hydrogens (tertiary/aromatic N) is 1. The van der Waals surface area contributed by atoms with Gasteiger partial charge < -0.3 is 0 Å². The van der Waals surface area contributed by atoms with Crippen molar-refractivity contribution < 1.29 is 13.2 Å². The predicted octanol–water partition coefficient (Wildman–Crippen LogP) is 4.13. The molecule has 0 fully saturated rings. The summed E-state index contributed by atoms with van der Waals surface area (Å²) < 4.78 is 39.7. The van der Waals surface area contributed by atoms with Crippen LogP contribution in [0.15, 0.2) is 46.2 Å². The van der Waals surface area contributed by atoms with Gasteiger partial charge in [-0.05, 0) is 30.3 Å². The molecule has 0 spiro atoms. The third-order valence-electron chi connectivity index (χ3n) is 2.20. The molecule has 18 heavy (non-hydrogen) atoms. The van der Waals surface area contributed by atoms with Crippen LogP contribution in [0.4, 0.5) is 13.2 Å². The highest BCUT2D eigenvalue weighted by atomic mass is 32.2. The van der Waals surface area contributed by atoms with Crippen molar-refractivity contribution in [1.29, 1.82) is 5.26 Å². The summed E-state index contributed by atoms with van der Waals surface area (Å²) in [6.07, 6.45) is 0. The van der Waals surface area contributed by atoms with Crippen molar-refractivity contribution in [3.63, 3.8) is 0 Å². The molecule has 5 heteroatoms. The molecule has 0 radical (unpaired) electrons. The Hall–Kier alpha value is -1.93. The average Bonchev–Trinajstić information content (AvgIpc) is 2.34. The molecule has 0 aliphatic rings.